The first-order valence-corrected chi connectivity index (χ1v) is 4.95. The molecular weight excluding hydrogens is 164 g/mol. The normalized spacial score (nSPS) is 29.2. The second-order valence-corrected chi connectivity index (χ2v) is 3.76. The minimum Gasteiger partial charge on any atom is -0.338 e. The van der Waals surface area contributed by atoms with Crippen LogP contribution in [0.2, 0.25) is 0 Å². The average molecular weight is 180 g/mol. The first-order chi connectivity index (χ1) is 6.33. The van der Waals surface area contributed by atoms with E-state index >= 15 is 0 Å². The van der Waals surface area contributed by atoms with Gasteiger partial charge in [-0.05, 0) is 26.3 Å². The number of amides is 1. The molecule has 72 valence electrons. The molecule has 1 aliphatic heterocycles. The molecule has 1 aliphatic carbocycles. The van der Waals surface area contributed by atoms with Gasteiger partial charge < -0.3 is 10.2 Å². The second kappa shape index (κ2) is 3.50. The van der Waals surface area contributed by atoms with Crippen molar-refractivity contribution in [1.29, 1.82) is 0 Å². The highest BCUT2D eigenvalue weighted by Crippen LogP contribution is 2.22. The summed E-state index contributed by atoms with van der Waals surface area (Å²) in [6.07, 6.45) is 7.39. The molecule has 0 spiro atoms. The van der Waals surface area contributed by atoms with Gasteiger partial charge in [0, 0.05) is 12.6 Å². The quantitative estimate of drug-likeness (QED) is 0.628. The maximum absolute atomic E-state index is 11.8. The Morgan fingerprint density at radius 3 is 2.69 bits per heavy atom. The van der Waals surface area contributed by atoms with E-state index in [4.69, 9.17) is 0 Å². The molecule has 0 bridgehead atoms. The largest absolute Gasteiger partial charge is 0.338 e. The first-order valence-electron chi connectivity index (χ1n) is 4.95. The SMILES string of the molecule is CNC1CCN(C2CC=CC2)C1=O. The molecular formula is C10H16N2O. The third-order valence-electron chi connectivity index (χ3n) is 3.01. The Labute approximate surface area is 78.8 Å². The number of hydrogen-bond acceptors (Lipinski definition) is 2. The van der Waals surface area contributed by atoms with E-state index in [9.17, 15) is 4.79 Å². The van der Waals surface area contributed by atoms with E-state index in [1.54, 1.807) is 0 Å². The summed E-state index contributed by atoms with van der Waals surface area (Å²) < 4.78 is 0. The van der Waals surface area contributed by atoms with E-state index in [0.29, 0.717) is 6.04 Å². The van der Waals surface area contributed by atoms with Crippen LogP contribution in [-0.2, 0) is 4.79 Å². The Morgan fingerprint density at radius 2 is 2.15 bits per heavy atom. The van der Waals surface area contributed by atoms with E-state index in [2.05, 4.69) is 17.5 Å². The fraction of sp³-hybridized carbons (Fsp3) is 0.700. The number of nitrogens with zero attached hydrogens (tertiary/aromatic N) is 1. The third-order valence-corrected chi connectivity index (χ3v) is 3.01. The lowest BCUT2D eigenvalue weighted by molar-refractivity contribution is -0.131. The molecule has 1 atom stereocenters. The zero-order valence-corrected chi connectivity index (χ0v) is 7.99. The summed E-state index contributed by atoms with van der Waals surface area (Å²) >= 11 is 0. The van der Waals surface area contributed by atoms with Crippen LogP contribution in [0.25, 0.3) is 0 Å². The van der Waals surface area contributed by atoms with Gasteiger partial charge in [-0.3, -0.25) is 4.79 Å². The summed E-state index contributed by atoms with van der Waals surface area (Å²) in [5.74, 6) is 0.288. The number of carbonyl (C=O) groups excluding carboxylic acids is 1. The Hall–Kier alpha value is -0.830. The molecule has 3 nitrogen and oxygen atoms in total. The zero-order chi connectivity index (χ0) is 9.26. The fourth-order valence-electron chi connectivity index (χ4n) is 2.19. The molecule has 0 aromatic carbocycles. The Balaban J connectivity index is 1.98. The van der Waals surface area contributed by atoms with Crippen molar-refractivity contribution in [3.63, 3.8) is 0 Å². The summed E-state index contributed by atoms with van der Waals surface area (Å²) in [6, 6.07) is 0.520. The topological polar surface area (TPSA) is 32.3 Å². The van der Waals surface area contributed by atoms with Gasteiger partial charge in [-0.1, -0.05) is 12.2 Å². The summed E-state index contributed by atoms with van der Waals surface area (Å²) in [7, 11) is 1.86. The first kappa shape index (κ1) is 8.75. The number of hydrogen-bond donors (Lipinski definition) is 1. The predicted molar refractivity (Wildman–Crippen MR) is 51.3 cm³/mol. The van der Waals surface area contributed by atoms with Gasteiger partial charge in [-0.25, -0.2) is 0 Å². The maximum Gasteiger partial charge on any atom is 0.240 e. The van der Waals surface area contributed by atoms with Crippen LogP contribution in [0.5, 0.6) is 0 Å². The molecule has 1 fully saturated rings. The van der Waals surface area contributed by atoms with Gasteiger partial charge in [0.25, 0.3) is 0 Å². The highest BCUT2D eigenvalue weighted by atomic mass is 16.2. The van der Waals surface area contributed by atoms with Crippen LogP contribution in [0.1, 0.15) is 19.3 Å². The van der Waals surface area contributed by atoms with Crippen molar-refractivity contribution >= 4 is 5.91 Å². The zero-order valence-electron chi connectivity index (χ0n) is 7.99. The van der Waals surface area contributed by atoms with Gasteiger partial charge in [0.15, 0.2) is 0 Å². The number of nitrogens with one attached hydrogen (secondary N) is 1. The number of carbonyl (C=O) groups is 1. The lowest BCUT2D eigenvalue weighted by atomic mass is 10.2. The van der Waals surface area contributed by atoms with E-state index in [0.717, 1.165) is 25.8 Å². The van der Waals surface area contributed by atoms with Gasteiger partial charge in [-0.2, -0.15) is 0 Å². The Bertz CT molecular complexity index is 229. The van der Waals surface area contributed by atoms with Crippen molar-refractivity contribution in [3.05, 3.63) is 12.2 Å². The molecule has 0 saturated carbocycles. The molecule has 0 radical (unpaired) electrons. The van der Waals surface area contributed by atoms with Crippen molar-refractivity contribution in [2.75, 3.05) is 13.6 Å². The van der Waals surface area contributed by atoms with Crippen molar-refractivity contribution in [2.45, 2.75) is 31.3 Å². The van der Waals surface area contributed by atoms with E-state index in [1.165, 1.54) is 0 Å². The van der Waals surface area contributed by atoms with E-state index in [-0.39, 0.29) is 11.9 Å². The predicted octanol–water partition coefficient (Wildman–Crippen LogP) is 0.525. The highest BCUT2D eigenvalue weighted by molar-refractivity contribution is 5.84. The van der Waals surface area contributed by atoms with Crippen LogP contribution in [0.4, 0.5) is 0 Å². The lowest BCUT2D eigenvalue weighted by Gasteiger charge is -2.23. The number of likely N-dealkylation sites (N-methyl/N-ethyl adjacent to an activating group) is 1. The standard InChI is InChI=1S/C10H16N2O/c1-11-9-6-7-12(10(9)13)8-4-2-3-5-8/h2-3,8-9,11H,4-7H2,1H3. The van der Waals surface area contributed by atoms with Crippen LogP contribution in [-0.4, -0.2) is 36.5 Å². The molecule has 1 unspecified atom stereocenters. The summed E-state index contributed by atoms with van der Waals surface area (Å²) in [5, 5.41) is 3.06. The second-order valence-electron chi connectivity index (χ2n) is 3.76. The number of likely N-dealkylation sites (tertiary alicyclic amines) is 1. The summed E-state index contributed by atoms with van der Waals surface area (Å²) in [5.41, 5.74) is 0. The minimum absolute atomic E-state index is 0.0700. The molecule has 1 amide bonds. The summed E-state index contributed by atoms with van der Waals surface area (Å²) in [4.78, 5) is 13.8. The molecule has 2 rings (SSSR count). The molecule has 13 heavy (non-hydrogen) atoms. The monoisotopic (exact) mass is 180 g/mol. The van der Waals surface area contributed by atoms with Crippen molar-refractivity contribution in [3.8, 4) is 0 Å². The van der Waals surface area contributed by atoms with Crippen molar-refractivity contribution in [1.82, 2.24) is 10.2 Å². The van der Waals surface area contributed by atoms with Crippen molar-refractivity contribution < 1.29 is 4.79 Å². The van der Waals surface area contributed by atoms with Crippen molar-refractivity contribution in [2.24, 2.45) is 0 Å². The van der Waals surface area contributed by atoms with Crippen LogP contribution < -0.4 is 5.32 Å². The van der Waals surface area contributed by atoms with Gasteiger partial charge in [0.1, 0.15) is 0 Å². The fourth-order valence-corrected chi connectivity index (χ4v) is 2.19. The Kier molecular flexibility index (Phi) is 2.36. The maximum atomic E-state index is 11.8. The highest BCUT2D eigenvalue weighted by Gasteiger charge is 2.34. The van der Waals surface area contributed by atoms with Crippen LogP contribution in [0, 0.1) is 0 Å². The lowest BCUT2D eigenvalue weighted by Crippen LogP contribution is -2.40. The molecule has 0 aromatic rings. The Morgan fingerprint density at radius 1 is 1.46 bits per heavy atom. The number of rotatable bonds is 2. The molecule has 0 aromatic heterocycles. The van der Waals surface area contributed by atoms with Crippen LogP contribution >= 0.6 is 0 Å². The van der Waals surface area contributed by atoms with E-state index < -0.39 is 0 Å². The van der Waals surface area contributed by atoms with Gasteiger partial charge >= 0.3 is 0 Å². The van der Waals surface area contributed by atoms with Gasteiger partial charge in [0.05, 0.1) is 6.04 Å². The molecule has 3 heteroatoms. The van der Waals surface area contributed by atoms with Gasteiger partial charge in [-0.15, -0.1) is 0 Å². The van der Waals surface area contributed by atoms with Crippen LogP contribution in [0.15, 0.2) is 12.2 Å². The van der Waals surface area contributed by atoms with Gasteiger partial charge in [0.2, 0.25) is 5.91 Å². The third kappa shape index (κ3) is 1.48. The molecule has 1 heterocycles. The average Bonchev–Trinajstić information content (AvgIpc) is 2.72. The smallest absolute Gasteiger partial charge is 0.240 e. The molecule has 1 saturated heterocycles. The summed E-state index contributed by atoms with van der Waals surface area (Å²) in [6.45, 7) is 0.927. The molecule has 2 aliphatic rings. The molecule has 1 N–H and O–H groups in total. The van der Waals surface area contributed by atoms with Crippen LogP contribution in [0.3, 0.4) is 0 Å². The van der Waals surface area contributed by atoms with E-state index in [1.807, 2.05) is 11.9 Å². The minimum atomic E-state index is 0.0700.